The van der Waals surface area contributed by atoms with E-state index in [1.165, 1.54) is 26.4 Å². The number of likely N-dealkylation sites (N-methyl/N-ethyl adjacent to an activating group) is 1. The van der Waals surface area contributed by atoms with Crippen LogP contribution in [0.5, 0.6) is 17.2 Å². The van der Waals surface area contributed by atoms with Crippen LogP contribution in [-0.4, -0.2) is 59.9 Å². The van der Waals surface area contributed by atoms with Gasteiger partial charge in [0.15, 0.2) is 0 Å². The van der Waals surface area contributed by atoms with Gasteiger partial charge in [-0.1, -0.05) is 0 Å². The zero-order valence-corrected chi connectivity index (χ0v) is 18.5. The number of rotatable bonds is 6. The first-order valence-corrected chi connectivity index (χ1v) is 9.72. The fourth-order valence-electron chi connectivity index (χ4n) is 4.23. The Bertz CT molecular complexity index is 799. The third-order valence-corrected chi connectivity index (χ3v) is 5.28. The van der Waals surface area contributed by atoms with E-state index < -0.39 is 0 Å². The van der Waals surface area contributed by atoms with Crippen molar-refractivity contribution in [3.8, 4) is 17.2 Å². The van der Waals surface area contributed by atoms with E-state index in [9.17, 15) is 5.11 Å². The predicted molar refractivity (Wildman–Crippen MR) is 117 cm³/mol. The Labute approximate surface area is 173 Å². The molecule has 7 nitrogen and oxygen atoms in total. The van der Waals surface area contributed by atoms with Crippen molar-refractivity contribution >= 4 is 11.5 Å². The topological polar surface area (TPSA) is 102 Å². The number of hydrogen-bond donors (Lipinski definition) is 4. The monoisotopic (exact) mass is 402 g/mol. The van der Waals surface area contributed by atoms with E-state index in [1.54, 1.807) is 12.1 Å². The van der Waals surface area contributed by atoms with Gasteiger partial charge in [-0.15, -0.1) is 0 Å². The van der Waals surface area contributed by atoms with Gasteiger partial charge >= 0.3 is 0 Å². The summed E-state index contributed by atoms with van der Waals surface area (Å²) in [5.41, 5.74) is 0.300. The van der Waals surface area contributed by atoms with Gasteiger partial charge < -0.3 is 24.8 Å². The number of aromatic hydroxyl groups is 1. The molecular weight excluding hydrogens is 368 g/mol. The van der Waals surface area contributed by atoms with Crippen molar-refractivity contribution in [3.05, 3.63) is 29.8 Å². The molecule has 29 heavy (non-hydrogen) atoms. The van der Waals surface area contributed by atoms with E-state index >= 15 is 0 Å². The highest BCUT2D eigenvalue weighted by atomic mass is 16.5. The van der Waals surface area contributed by atoms with Crippen LogP contribution >= 0.6 is 0 Å². The summed E-state index contributed by atoms with van der Waals surface area (Å²) in [6, 6.07) is 3.28. The summed E-state index contributed by atoms with van der Waals surface area (Å²) in [7, 11) is 4.90. The van der Waals surface area contributed by atoms with Gasteiger partial charge in [0.25, 0.3) is 0 Å². The molecule has 2 rings (SSSR count). The Morgan fingerprint density at radius 3 is 2.21 bits per heavy atom. The van der Waals surface area contributed by atoms with Crippen LogP contribution in [0.15, 0.2) is 24.3 Å². The summed E-state index contributed by atoms with van der Waals surface area (Å²) >= 11 is 0. The first-order valence-electron chi connectivity index (χ1n) is 9.72. The number of piperidine rings is 1. The van der Waals surface area contributed by atoms with Crippen molar-refractivity contribution < 1.29 is 14.6 Å². The number of benzene rings is 1. The van der Waals surface area contributed by atoms with Crippen molar-refractivity contribution in [2.75, 3.05) is 21.3 Å². The number of phenols is 1. The SMILES string of the molecule is COc1cc(O)c(C(=N)/C=C\C(=N)N(C)C2CC(C)(C)NC(C)(C)C2)c(OC)c1. The van der Waals surface area contributed by atoms with Gasteiger partial charge in [-0.3, -0.25) is 10.8 Å². The molecule has 1 aromatic rings. The van der Waals surface area contributed by atoms with Crippen molar-refractivity contribution in [1.29, 1.82) is 10.8 Å². The standard InChI is InChI=1S/C22H34N4O3/c1-21(2)12-14(13-22(3,4)25-21)26(5)19(24)9-8-16(23)20-17(27)10-15(28-6)11-18(20)29-7/h8-11,14,23-25,27H,12-13H2,1-7H3/b9-8-,23-16?,24-19?. The number of allylic oxidation sites excluding steroid dienone is 1. The second-order valence-corrected chi connectivity index (χ2v) is 8.92. The Morgan fingerprint density at radius 2 is 1.69 bits per heavy atom. The summed E-state index contributed by atoms with van der Waals surface area (Å²) in [5, 5.41) is 30.8. The smallest absolute Gasteiger partial charge is 0.135 e. The number of nitrogens with zero attached hydrogens (tertiary/aromatic N) is 1. The zero-order valence-electron chi connectivity index (χ0n) is 18.5. The molecule has 0 amide bonds. The molecule has 1 fully saturated rings. The Morgan fingerprint density at radius 1 is 1.10 bits per heavy atom. The molecule has 0 spiro atoms. The fraction of sp³-hybridized carbons (Fsp3) is 0.545. The van der Waals surface area contributed by atoms with Crippen LogP contribution in [-0.2, 0) is 0 Å². The van der Waals surface area contributed by atoms with E-state index in [0.29, 0.717) is 17.3 Å². The van der Waals surface area contributed by atoms with E-state index in [0.717, 1.165) is 12.8 Å². The first kappa shape index (κ1) is 22.7. The summed E-state index contributed by atoms with van der Waals surface area (Å²) in [6.45, 7) is 8.73. The van der Waals surface area contributed by atoms with Crippen molar-refractivity contribution in [1.82, 2.24) is 10.2 Å². The molecule has 0 aromatic heterocycles. The first-order chi connectivity index (χ1) is 13.4. The molecule has 0 radical (unpaired) electrons. The quantitative estimate of drug-likeness (QED) is 0.431. The lowest BCUT2D eigenvalue weighted by atomic mass is 9.79. The number of methoxy groups -OCH3 is 2. The lowest BCUT2D eigenvalue weighted by Crippen LogP contribution is -2.62. The normalized spacial score (nSPS) is 18.4. The Kier molecular flexibility index (Phi) is 6.63. The number of phenolic OH excluding ortho intramolecular Hbond substituents is 1. The second-order valence-electron chi connectivity index (χ2n) is 8.92. The third kappa shape index (κ3) is 5.50. The van der Waals surface area contributed by atoms with Gasteiger partial charge in [0, 0.05) is 36.3 Å². The van der Waals surface area contributed by atoms with Gasteiger partial charge in [0.05, 0.1) is 25.5 Å². The lowest BCUT2D eigenvalue weighted by molar-refractivity contribution is 0.114. The van der Waals surface area contributed by atoms with Crippen LogP contribution in [0, 0.1) is 10.8 Å². The number of hydrogen-bond acceptors (Lipinski definition) is 6. The van der Waals surface area contributed by atoms with Gasteiger partial charge in [0.1, 0.15) is 23.1 Å². The maximum absolute atomic E-state index is 10.3. The van der Waals surface area contributed by atoms with Gasteiger partial charge in [-0.25, -0.2) is 0 Å². The molecule has 0 bridgehead atoms. The van der Waals surface area contributed by atoms with Gasteiger partial charge in [0.2, 0.25) is 0 Å². The molecular formula is C22H34N4O3. The summed E-state index contributed by atoms with van der Waals surface area (Å²) in [6.07, 6.45) is 4.95. The molecule has 160 valence electrons. The molecule has 1 aromatic carbocycles. The summed E-state index contributed by atoms with van der Waals surface area (Å²) in [4.78, 5) is 1.96. The minimum Gasteiger partial charge on any atom is -0.507 e. The Balaban J connectivity index is 2.17. The predicted octanol–water partition coefficient (Wildman–Crippen LogP) is 3.55. The van der Waals surface area contributed by atoms with E-state index in [1.807, 2.05) is 11.9 Å². The molecule has 0 unspecified atom stereocenters. The van der Waals surface area contributed by atoms with Gasteiger partial charge in [-0.2, -0.15) is 0 Å². The highest BCUT2D eigenvalue weighted by Gasteiger charge is 2.39. The highest BCUT2D eigenvalue weighted by Crippen LogP contribution is 2.34. The molecule has 1 aliphatic heterocycles. The average molecular weight is 403 g/mol. The molecule has 0 saturated carbocycles. The molecule has 1 aliphatic rings. The van der Waals surface area contributed by atoms with E-state index in [2.05, 4.69) is 33.0 Å². The maximum Gasteiger partial charge on any atom is 0.135 e. The molecule has 0 atom stereocenters. The minimum absolute atomic E-state index is 0.0143. The van der Waals surface area contributed by atoms with Gasteiger partial charge in [-0.05, 0) is 52.7 Å². The molecule has 1 saturated heterocycles. The van der Waals surface area contributed by atoms with Crippen LogP contribution < -0.4 is 14.8 Å². The van der Waals surface area contributed by atoms with Crippen LogP contribution in [0.3, 0.4) is 0 Å². The Hall–Kier alpha value is -2.54. The lowest BCUT2D eigenvalue weighted by Gasteiger charge is -2.49. The van der Waals surface area contributed by atoms with Crippen LogP contribution in [0.4, 0.5) is 0 Å². The molecule has 4 N–H and O–H groups in total. The summed E-state index contributed by atoms with van der Waals surface area (Å²) < 4.78 is 10.4. The van der Waals surface area contributed by atoms with Crippen molar-refractivity contribution in [2.24, 2.45) is 0 Å². The second kappa shape index (κ2) is 8.45. The number of nitrogens with one attached hydrogen (secondary N) is 3. The highest BCUT2D eigenvalue weighted by molar-refractivity contribution is 6.12. The number of amidine groups is 1. The van der Waals surface area contributed by atoms with Crippen molar-refractivity contribution in [2.45, 2.75) is 57.7 Å². The van der Waals surface area contributed by atoms with Crippen LogP contribution in [0.2, 0.25) is 0 Å². The molecule has 0 aliphatic carbocycles. The number of ether oxygens (including phenoxy) is 2. The largest absolute Gasteiger partial charge is 0.507 e. The van der Waals surface area contributed by atoms with Crippen LogP contribution in [0.25, 0.3) is 0 Å². The minimum atomic E-state index is -0.0995. The maximum atomic E-state index is 10.3. The van der Waals surface area contributed by atoms with E-state index in [4.69, 9.17) is 20.3 Å². The third-order valence-electron chi connectivity index (χ3n) is 5.28. The fourth-order valence-corrected chi connectivity index (χ4v) is 4.23. The molecule has 1 heterocycles. The zero-order chi connectivity index (χ0) is 22.0. The molecule has 7 heteroatoms. The summed E-state index contributed by atoms with van der Waals surface area (Å²) in [5.74, 6) is 1.01. The van der Waals surface area contributed by atoms with Crippen molar-refractivity contribution in [3.63, 3.8) is 0 Å². The average Bonchev–Trinajstić information content (AvgIpc) is 2.61. The van der Waals surface area contributed by atoms with Crippen LogP contribution in [0.1, 0.15) is 46.1 Å². The van der Waals surface area contributed by atoms with E-state index in [-0.39, 0.29) is 34.1 Å².